The summed E-state index contributed by atoms with van der Waals surface area (Å²) in [6.45, 7) is 17.3. The van der Waals surface area contributed by atoms with Crippen molar-refractivity contribution in [2.24, 2.45) is 11.3 Å². The molecule has 0 heterocycles. The lowest BCUT2D eigenvalue weighted by molar-refractivity contribution is 0.162. The molecule has 0 aromatic carbocycles. The van der Waals surface area contributed by atoms with Crippen LogP contribution in [0.1, 0.15) is 54.4 Å². The summed E-state index contributed by atoms with van der Waals surface area (Å²) in [7, 11) is 2.26. The van der Waals surface area contributed by atoms with Crippen molar-refractivity contribution in [2.75, 3.05) is 26.7 Å². The van der Waals surface area contributed by atoms with Gasteiger partial charge in [-0.2, -0.15) is 0 Å². The third kappa shape index (κ3) is 7.77. The average molecular weight is 242 g/mol. The molecule has 0 saturated carbocycles. The summed E-state index contributed by atoms with van der Waals surface area (Å²) in [6.07, 6.45) is 2.51. The van der Waals surface area contributed by atoms with Crippen LogP contribution in [-0.4, -0.2) is 37.6 Å². The van der Waals surface area contributed by atoms with Crippen molar-refractivity contribution in [3.8, 4) is 0 Å². The largest absolute Gasteiger partial charge is 0.314 e. The molecule has 0 saturated heterocycles. The SMILES string of the molecule is CCC(C)CN(C)CC(C)(CC)CNC(C)C. The molecule has 2 unspecified atom stereocenters. The quantitative estimate of drug-likeness (QED) is 0.667. The summed E-state index contributed by atoms with van der Waals surface area (Å²) >= 11 is 0. The highest BCUT2D eigenvalue weighted by atomic mass is 15.1. The molecular formula is C15H34N2. The number of hydrogen-bond donors (Lipinski definition) is 1. The van der Waals surface area contributed by atoms with E-state index in [0.29, 0.717) is 11.5 Å². The fourth-order valence-corrected chi connectivity index (χ4v) is 2.12. The van der Waals surface area contributed by atoms with Gasteiger partial charge in [0.15, 0.2) is 0 Å². The minimum absolute atomic E-state index is 0.395. The number of rotatable bonds is 9. The van der Waals surface area contributed by atoms with Gasteiger partial charge in [-0.1, -0.05) is 48.0 Å². The molecule has 0 amide bonds. The third-order valence-corrected chi connectivity index (χ3v) is 3.76. The maximum Gasteiger partial charge on any atom is 0.00444 e. The van der Waals surface area contributed by atoms with Crippen LogP contribution in [0.3, 0.4) is 0 Å². The summed E-state index contributed by atoms with van der Waals surface area (Å²) < 4.78 is 0. The smallest absolute Gasteiger partial charge is 0.00444 e. The Kier molecular flexibility index (Phi) is 8.06. The fourth-order valence-electron chi connectivity index (χ4n) is 2.12. The highest BCUT2D eigenvalue weighted by Crippen LogP contribution is 2.22. The van der Waals surface area contributed by atoms with Gasteiger partial charge in [-0.25, -0.2) is 0 Å². The van der Waals surface area contributed by atoms with E-state index in [4.69, 9.17) is 0 Å². The van der Waals surface area contributed by atoms with E-state index >= 15 is 0 Å². The first kappa shape index (κ1) is 16.9. The van der Waals surface area contributed by atoms with Crippen LogP contribution in [0, 0.1) is 11.3 Å². The number of nitrogens with one attached hydrogen (secondary N) is 1. The Balaban J connectivity index is 4.16. The maximum atomic E-state index is 3.58. The second-order valence-corrected chi connectivity index (χ2v) is 6.41. The zero-order valence-corrected chi connectivity index (χ0v) is 13.1. The van der Waals surface area contributed by atoms with E-state index in [1.54, 1.807) is 0 Å². The summed E-state index contributed by atoms with van der Waals surface area (Å²) in [5, 5.41) is 3.58. The topological polar surface area (TPSA) is 15.3 Å². The highest BCUT2D eigenvalue weighted by Gasteiger charge is 2.24. The molecule has 0 spiro atoms. The van der Waals surface area contributed by atoms with Crippen molar-refractivity contribution in [1.82, 2.24) is 10.2 Å². The second-order valence-electron chi connectivity index (χ2n) is 6.41. The zero-order chi connectivity index (χ0) is 13.5. The minimum Gasteiger partial charge on any atom is -0.314 e. The van der Waals surface area contributed by atoms with Crippen molar-refractivity contribution in [3.63, 3.8) is 0 Å². The molecule has 2 heteroatoms. The number of hydrogen-bond acceptors (Lipinski definition) is 2. The Morgan fingerprint density at radius 2 is 1.76 bits per heavy atom. The highest BCUT2D eigenvalue weighted by molar-refractivity contribution is 4.80. The van der Waals surface area contributed by atoms with Gasteiger partial charge in [-0.15, -0.1) is 0 Å². The Hall–Kier alpha value is -0.0800. The average Bonchev–Trinajstić information content (AvgIpc) is 2.26. The van der Waals surface area contributed by atoms with Crippen molar-refractivity contribution in [1.29, 1.82) is 0 Å². The fraction of sp³-hybridized carbons (Fsp3) is 1.00. The van der Waals surface area contributed by atoms with Gasteiger partial charge in [-0.3, -0.25) is 0 Å². The van der Waals surface area contributed by atoms with Gasteiger partial charge >= 0.3 is 0 Å². The van der Waals surface area contributed by atoms with Crippen LogP contribution in [-0.2, 0) is 0 Å². The Morgan fingerprint density at radius 3 is 2.18 bits per heavy atom. The van der Waals surface area contributed by atoms with Crippen LogP contribution >= 0.6 is 0 Å². The Bertz CT molecular complexity index is 191. The molecule has 0 rings (SSSR count). The predicted octanol–water partition coefficient (Wildman–Crippen LogP) is 3.38. The first-order valence-corrected chi connectivity index (χ1v) is 7.25. The van der Waals surface area contributed by atoms with Crippen molar-refractivity contribution in [3.05, 3.63) is 0 Å². The Morgan fingerprint density at radius 1 is 1.18 bits per heavy atom. The van der Waals surface area contributed by atoms with Crippen molar-refractivity contribution < 1.29 is 0 Å². The molecular weight excluding hydrogens is 208 g/mol. The minimum atomic E-state index is 0.395. The van der Waals surface area contributed by atoms with E-state index in [2.05, 4.69) is 58.8 Å². The van der Waals surface area contributed by atoms with Gasteiger partial charge in [0.1, 0.15) is 0 Å². The van der Waals surface area contributed by atoms with Gasteiger partial charge in [-0.05, 0) is 24.8 Å². The lowest BCUT2D eigenvalue weighted by atomic mass is 9.86. The molecule has 1 N–H and O–H groups in total. The molecule has 2 atom stereocenters. The van der Waals surface area contributed by atoms with Crippen LogP contribution in [0.4, 0.5) is 0 Å². The van der Waals surface area contributed by atoms with Gasteiger partial charge in [0.25, 0.3) is 0 Å². The summed E-state index contributed by atoms with van der Waals surface area (Å²) in [5.74, 6) is 0.805. The van der Waals surface area contributed by atoms with Crippen LogP contribution in [0.2, 0.25) is 0 Å². The zero-order valence-electron chi connectivity index (χ0n) is 13.1. The lowest BCUT2D eigenvalue weighted by Crippen LogP contribution is -2.43. The first-order chi connectivity index (χ1) is 7.83. The maximum absolute atomic E-state index is 3.58. The lowest BCUT2D eigenvalue weighted by Gasteiger charge is -2.35. The van der Waals surface area contributed by atoms with E-state index in [-0.39, 0.29) is 0 Å². The van der Waals surface area contributed by atoms with E-state index in [9.17, 15) is 0 Å². The van der Waals surface area contributed by atoms with Crippen LogP contribution in [0.15, 0.2) is 0 Å². The third-order valence-electron chi connectivity index (χ3n) is 3.76. The molecule has 104 valence electrons. The van der Waals surface area contributed by atoms with Gasteiger partial charge in [0.05, 0.1) is 0 Å². The van der Waals surface area contributed by atoms with E-state index < -0.39 is 0 Å². The molecule has 0 radical (unpaired) electrons. The molecule has 0 fully saturated rings. The van der Waals surface area contributed by atoms with Gasteiger partial charge in [0, 0.05) is 25.7 Å². The summed E-state index contributed by atoms with van der Waals surface area (Å²) in [6, 6.07) is 0.584. The standard InChI is InChI=1S/C15H34N2/c1-8-14(5)10-17(7)12-15(6,9-2)11-16-13(3)4/h13-14,16H,8-12H2,1-7H3. The monoisotopic (exact) mass is 242 g/mol. The van der Waals surface area contributed by atoms with Gasteiger partial charge < -0.3 is 10.2 Å². The Labute approximate surface area is 109 Å². The van der Waals surface area contributed by atoms with Crippen molar-refractivity contribution in [2.45, 2.75) is 60.4 Å². The van der Waals surface area contributed by atoms with E-state index in [0.717, 1.165) is 12.5 Å². The molecule has 0 aromatic heterocycles. The van der Waals surface area contributed by atoms with E-state index in [1.807, 2.05) is 0 Å². The van der Waals surface area contributed by atoms with Crippen molar-refractivity contribution >= 4 is 0 Å². The predicted molar refractivity (Wildman–Crippen MR) is 78.5 cm³/mol. The van der Waals surface area contributed by atoms with Crippen LogP contribution in [0.5, 0.6) is 0 Å². The van der Waals surface area contributed by atoms with E-state index in [1.165, 1.54) is 25.9 Å². The molecule has 2 nitrogen and oxygen atoms in total. The summed E-state index contributed by atoms with van der Waals surface area (Å²) in [4.78, 5) is 2.50. The number of nitrogens with zero attached hydrogens (tertiary/aromatic N) is 1. The first-order valence-electron chi connectivity index (χ1n) is 7.25. The normalized spacial score (nSPS) is 17.5. The molecule has 0 aliphatic heterocycles. The molecule has 0 aliphatic rings. The van der Waals surface area contributed by atoms with Crippen LogP contribution < -0.4 is 5.32 Å². The summed E-state index contributed by atoms with van der Waals surface area (Å²) in [5.41, 5.74) is 0.395. The molecule has 17 heavy (non-hydrogen) atoms. The molecule has 0 aromatic rings. The van der Waals surface area contributed by atoms with Gasteiger partial charge in [0.2, 0.25) is 0 Å². The molecule has 0 bridgehead atoms. The second kappa shape index (κ2) is 8.10. The molecule has 0 aliphatic carbocycles. The van der Waals surface area contributed by atoms with Crippen LogP contribution in [0.25, 0.3) is 0 Å².